The highest BCUT2D eigenvalue weighted by atomic mass is 19.2. The van der Waals surface area contributed by atoms with Crippen molar-refractivity contribution >= 4 is 17.3 Å². The van der Waals surface area contributed by atoms with Crippen molar-refractivity contribution in [1.29, 1.82) is 0 Å². The van der Waals surface area contributed by atoms with Gasteiger partial charge in [-0.3, -0.25) is 4.90 Å². The number of aromatic nitrogens is 2. The molecule has 0 bridgehead atoms. The molecule has 0 amide bonds. The lowest BCUT2D eigenvalue weighted by atomic mass is 10.0. The molecule has 204 valence electrons. The molecule has 2 saturated heterocycles. The minimum atomic E-state index is -1.55. The molecule has 0 saturated carbocycles. The smallest absolute Gasteiger partial charge is 0.227 e. The number of piperazine rings is 1. The van der Waals surface area contributed by atoms with E-state index in [4.69, 9.17) is 4.74 Å². The summed E-state index contributed by atoms with van der Waals surface area (Å²) in [4.78, 5) is 13.3. The molecular formula is C28H28F4N6O. The SMILES string of the molecule is COc1cc(Nc2ncc(C#Cc3c(F)c(F)cc(F)c3F)cn2)ccc1N1CCC(N2CCNCC2)CC1. The van der Waals surface area contributed by atoms with Crippen molar-refractivity contribution in [2.45, 2.75) is 18.9 Å². The Kier molecular flexibility index (Phi) is 8.14. The number of hydrogen-bond donors (Lipinski definition) is 2. The van der Waals surface area contributed by atoms with Crippen LogP contribution in [0, 0.1) is 35.1 Å². The van der Waals surface area contributed by atoms with Crippen LogP contribution in [0.4, 0.5) is 34.9 Å². The van der Waals surface area contributed by atoms with E-state index in [1.807, 2.05) is 18.2 Å². The van der Waals surface area contributed by atoms with Crippen LogP contribution in [0.1, 0.15) is 24.0 Å². The van der Waals surface area contributed by atoms with Gasteiger partial charge in [0.2, 0.25) is 5.95 Å². The summed E-state index contributed by atoms with van der Waals surface area (Å²) in [6, 6.07) is 6.55. The average Bonchev–Trinajstić information content (AvgIpc) is 2.97. The lowest BCUT2D eigenvalue weighted by Crippen LogP contribution is -2.52. The summed E-state index contributed by atoms with van der Waals surface area (Å²) in [7, 11) is 1.64. The van der Waals surface area contributed by atoms with Crippen molar-refractivity contribution in [3.8, 4) is 17.6 Å². The normalized spacial score (nSPS) is 16.5. The van der Waals surface area contributed by atoms with Crippen molar-refractivity contribution in [2.75, 3.05) is 56.6 Å². The van der Waals surface area contributed by atoms with E-state index in [-0.39, 0.29) is 17.6 Å². The highest BCUT2D eigenvalue weighted by Gasteiger charge is 2.26. The predicted molar refractivity (Wildman–Crippen MR) is 140 cm³/mol. The Morgan fingerprint density at radius 3 is 2.23 bits per heavy atom. The molecule has 2 aliphatic heterocycles. The van der Waals surface area contributed by atoms with Crippen molar-refractivity contribution in [1.82, 2.24) is 20.2 Å². The van der Waals surface area contributed by atoms with E-state index in [0.717, 1.165) is 63.5 Å². The molecule has 0 spiro atoms. The van der Waals surface area contributed by atoms with E-state index in [0.29, 0.717) is 11.7 Å². The summed E-state index contributed by atoms with van der Waals surface area (Å²) in [5, 5.41) is 6.50. The minimum absolute atomic E-state index is 0.136. The first-order valence-corrected chi connectivity index (χ1v) is 12.7. The molecule has 2 N–H and O–H groups in total. The molecule has 5 rings (SSSR count). The van der Waals surface area contributed by atoms with Gasteiger partial charge in [0, 0.05) is 75.5 Å². The Balaban J connectivity index is 1.23. The highest BCUT2D eigenvalue weighted by Crippen LogP contribution is 2.34. The van der Waals surface area contributed by atoms with Crippen molar-refractivity contribution in [2.24, 2.45) is 0 Å². The van der Waals surface area contributed by atoms with Crippen LogP contribution in [-0.2, 0) is 0 Å². The third-order valence-corrected chi connectivity index (χ3v) is 7.00. The molecule has 3 heterocycles. The van der Waals surface area contributed by atoms with E-state index in [1.54, 1.807) is 7.11 Å². The average molecular weight is 541 g/mol. The molecule has 2 fully saturated rings. The molecule has 39 heavy (non-hydrogen) atoms. The number of halogens is 4. The van der Waals surface area contributed by atoms with E-state index in [1.165, 1.54) is 12.4 Å². The zero-order valence-corrected chi connectivity index (χ0v) is 21.4. The van der Waals surface area contributed by atoms with Gasteiger partial charge >= 0.3 is 0 Å². The molecule has 2 aliphatic rings. The summed E-state index contributed by atoms with van der Waals surface area (Å²) < 4.78 is 60.1. The maximum absolute atomic E-state index is 13.8. The first kappa shape index (κ1) is 26.7. The molecule has 0 atom stereocenters. The van der Waals surface area contributed by atoms with E-state index >= 15 is 0 Å². The Morgan fingerprint density at radius 1 is 0.923 bits per heavy atom. The molecule has 0 aliphatic carbocycles. The number of anilines is 3. The third-order valence-electron chi connectivity index (χ3n) is 7.00. The monoisotopic (exact) mass is 540 g/mol. The van der Waals surface area contributed by atoms with Gasteiger partial charge in [-0.05, 0) is 25.0 Å². The van der Waals surface area contributed by atoms with Gasteiger partial charge in [0.15, 0.2) is 23.3 Å². The van der Waals surface area contributed by atoms with Gasteiger partial charge in [0.05, 0.1) is 18.4 Å². The summed E-state index contributed by atoms with van der Waals surface area (Å²) in [5.41, 5.74) is 0.960. The lowest BCUT2D eigenvalue weighted by Gasteiger charge is -2.41. The van der Waals surface area contributed by atoms with Crippen LogP contribution >= 0.6 is 0 Å². The summed E-state index contributed by atoms with van der Waals surface area (Å²) in [6.45, 7) is 6.23. The third kappa shape index (κ3) is 6.08. The van der Waals surface area contributed by atoms with Crippen LogP contribution < -0.4 is 20.3 Å². The number of nitrogens with zero attached hydrogens (tertiary/aromatic N) is 4. The summed E-state index contributed by atoms with van der Waals surface area (Å²) >= 11 is 0. The maximum atomic E-state index is 13.8. The van der Waals surface area contributed by atoms with E-state index < -0.39 is 28.8 Å². The largest absolute Gasteiger partial charge is 0.495 e. The van der Waals surface area contributed by atoms with Crippen molar-refractivity contribution in [3.05, 3.63) is 71.1 Å². The molecule has 3 aromatic rings. The van der Waals surface area contributed by atoms with Crippen LogP contribution in [0.5, 0.6) is 5.75 Å². The molecule has 7 nitrogen and oxygen atoms in total. The molecule has 0 radical (unpaired) electrons. The van der Waals surface area contributed by atoms with Gasteiger partial charge < -0.3 is 20.3 Å². The number of nitrogens with one attached hydrogen (secondary N) is 2. The van der Waals surface area contributed by atoms with Crippen molar-refractivity contribution < 1.29 is 22.3 Å². The predicted octanol–water partition coefficient (Wildman–Crippen LogP) is 4.06. The second kappa shape index (κ2) is 11.9. The zero-order chi connectivity index (χ0) is 27.4. The molecular weight excluding hydrogens is 512 g/mol. The van der Waals surface area contributed by atoms with Crippen LogP contribution in [0.15, 0.2) is 36.7 Å². The first-order valence-electron chi connectivity index (χ1n) is 12.7. The number of benzene rings is 2. The van der Waals surface area contributed by atoms with Crippen LogP contribution in [0.2, 0.25) is 0 Å². The second-order valence-electron chi connectivity index (χ2n) is 9.40. The van der Waals surface area contributed by atoms with Crippen LogP contribution in [-0.4, -0.2) is 67.3 Å². The summed E-state index contributed by atoms with van der Waals surface area (Å²) in [5.74, 6) is -0.607. The molecule has 2 aromatic carbocycles. The number of ether oxygens (including phenoxy) is 1. The quantitative estimate of drug-likeness (QED) is 0.288. The van der Waals surface area contributed by atoms with Gasteiger partial charge in [-0.1, -0.05) is 11.8 Å². The highest BCUT2D eigenvalue weighted by molar-refractivity contribution is 5.67. The fourth-order valence-corrected chi connectivity index (χ4v) is 4.94. The van der Waals surface area contributed by atoms with Gasteiger partial charge in [-0.15, -0.1) is 0 Å². The topological polar surface area (TPSA) is 65.5 Å². The Labute approximate surface area is 224 Å². The Hall–Kier alpha value is -3.88. The standard InChI is InChI=1S/C28H28F4N6O/c1-39-25-14-19(3-5-24(25)38-10-6-20(7-11-38)37-12-8-33-9-13-37)36-28-34-16-18(17-35-28)2-4-21-26(31)22(29)15-23(30)27(21)32/h3,5,14-17,20,33H,6-13H2,1H3,(H,34,35,36). The van der Waals surface area contributed by atoms with E-state index in [9.17, 15) is 17.6 Å². The maximum Gasteiger partial charge on any atom is 0.227 e. The number of hydrogen-bond acceptors (Lipinski definition) is 7. The fourth-order valence-electron chi connectivity index (χ4n) is 4.94. The number of methoxy groups -OCH3 is 1. The summed E-state index contributed by atoms with van der Waals surface area (Å²) in [6.07, 6.45) is 4.89. The number of rotatable bonds is 5. The van der Waals surface area contributed by atoms with Gasteiger partial charge in [-0.2, -0.15) is 0 Å². The molecule has 1 aromatic heterocycles. The van der Waals surface area contributed by atoms with Gasteiger partial charge in [-0.25, -0.2) is 27.5 Å². The second-order valence-corrected chi connectivity index (χ2v) is 9.40. The van der Waals surface area contributed by atoms with Crippen LogP contribution in [0.25, 0.3) is 0 Å². The first-order chi connectivity index (χ1) is 18.9. The molecule has 0 unspecified atom stereocenters. The Bertz CT molecular complexity index is 1350. The van der Waals surface area contributed by atoms with E-state index in [2.05, 4.69) is 42.2 Å². The van der Waals surface area contributed by atoms with Crippen molar-refractivity contribution in [3.63, 3.8) is 0 Å². The van der Waals surface area contributed by atoms with Gasteiger partial charge in [0.1, 0.15) is 11.3 Å². The van der Waals surface area contributed by atoms with Gasteiger partial charge in [0.25, 0.3) is 0 Å². The number of piperidine rings is 1. The zero-order valence-electron chi connectivity index (χ0n) is 21.4. The van der Waals surface area contributed by atoms with Crippen LogP contribution in [0.3, 0.4) is 0 Å². The Morgan fingerprint density at radius 2 is 1.59 bits per heavy atom. The lowest BCUT2D eigenvalue weighted by molar-refractivity contribution is 0.150. The minimum Gasteiger partial charge on any atom is -0.495 e. The molecule has 11 heteroatoms. The fraction of sp³-hybridized carbons (Fsp3) is 0.357.